The van der Waals surface area contributed by atoms with E-state index in [1.54, 1.807) is 0 Å². The first-order valence-electron chi connectivity index (χ1n) is 9.86. The summed E-state index contributed by atoms with van der Waals surface area (Å²) in [6.45, 7) is 4.65. The van der Waals surface area contributed by atoms with Crippen molar-refractivity contribution in [1.29, 1.82) is 0 Å². The number of carbonyl (C=O) groups is 2. The number of hydrogen-bond donors (Lipinski definition) is 0. The Hall–Kier alpha value is -0.860. The number of fused-ring (bicyclic) bond motifs is 7. The molecule has 1 aliphatic heterocycles. The molecule has 6 atom stereocenters. The minimum absolute atomic E-state index is 0.0588. The second kappa shape index (κ2) is 4.61. The third-order valence-electron chi connectivity index (χ3n) is 8.00. The minimum atomic E-state index is -0.127. The van der Waals surface area contributed by atoms with Gasteiger partial charge in [-0.25, -0.2) is 0 Å². The molecular formula is C20H29NO2. The van der Waals surface area contributed by atoms with Crippen LogP contribution in [0.4, 0.5) is 0 Å². The van der Waals surface area contributed by atoms with Crippen LogP contribution in [0.15, 0.2) is 0 Å². The van der Waals surface area contributed by atoms with Crippen molar-refractivity contribution in [2.45, 2.75) is 70.8 Å². The Labute approximate surface area is 139 Å². The Morgan fingerprint density at radius 1 is 0.826 bits per heavy atom. The van der Waals surface area contributed by atoms with Crippen LogP contribution in [0.3, 0.4) is 0 Å². The van der Waals surface area contributed by atoms with E-state index in [1.807, 2.05) is 4.90 Å². The summed E-state index contributed by atoms with van der Waals surface area (Å²) in [6, 6.07) is 0. The molecule has 4 bridgehead atoms. The molecule has 5 fully saturated rings. The number of amides is 2. The van der Waals surface area contributed by atoms with Gasteiger partial charge in [-0.1, -0.05) is 13.8 Å². The van der Waals surface area contributed by atoms with Crippen molar-refractivity contribution in [2.24, 2.45) is 41.4 Å². The average molecular weight is 315 g/mol. The Morgan fingerprint density at radius 2 is 1.35 bits per heavy atom. The van der Waals surface area contributed by atoms with Gasteiger partial charge >= 0.3 is 0 Å². The highest BCUT2D eigenvalue weighted by atomic mass is 16.2. The van der Waals surface area contributed by atoms with E-state index in [2.05, 4.69) is 13.8 Å². The maximum Gasteiger partial charge on any atom is 0.233 e. The summed E-state index contributed by atoms with van der Waals surface area (Å²) in [4.78, 5) is 28.5. The van der Waals surface area contributed by atoms with E-state index in [0.29, 0.717) is 23.7 Å². The van der Waals surface area contributed by atoms with Gasteiger partial charge in [0.25, 0.3) is 0 Å². The highest BCUT2D eigenvalue weighted by Gasteiger charge is 2.65. The molecule has 6 unspecified atom stereocenters. The molecule has 5 aliphatic rings. The molecule has 3 heteroatoms. The van der Waals surface area contributed by atoms with Crippen LogP contribution in [-0.2, 0) is 9.59 Å². The van der Waals surface area contributed by atoms with Gasteiger partial charge in [-0.15, -0.1) is 0 Å². The Balaban J connectivity index is 1.53. The Bertz CT molecular complexity index is 522. The summed E-state index contributed by atoms with van der Waals surface area (Å²) in [7, 11) is 0. The minimum Gasteiger partial charge on any atom is -0.276 e. The zero-order valence-electron chi connectivity index (χ0n) is 14.5. The SMILES string of the molecule is CC1CC2CC(C)CC(N3C(=O)C4C5CCC(C5)C4C3=O)(C1)C2. The fourth-order valence-corrected chi connectivity index (χ4v) is 7.80. The molecule has 0 aromatic heterocycles. The number of imide groups is 1. The molecule has 0 aromatic rings. The summed E-state index contributed by atoms with van der Waals surface area (Å²) in [5.74, 6) is 3.63. The lowest BCUT2D eigenvalue weighted by Crippen LogP contribution is -2.59. The van der Waals surface area contributed by atoms with Crippen molar-refractivity contribution >= 4 is 11.8 Å². The van der Waals surface area contributed by atoms with Crippen molar-refractivity contribution in [1.82, 2.24) is 4.90 Å². The van der Waals surface area contributed by atoms with E-state index < -0.39 is 0 Å². The lowest BCUT2D eigenvalue weighted by Gasteiger charge is -2.53. The van der Waals surface area contributed by atoms with E-state index in [9.17, 15) is 9.59 Å². The molecule has 0 spiro atoms. The molecule has 1 saturated heterocycles. The Morgan fingerprint density at radius 3 is 1.87 bits per heavy atom. The van der Waals surface area contributed by atoms with Crippen molar-refractivity contribution in [2.75, 3.05) is 0 Å². The largest absolute Gasteiger partial charge is 0.276 e. The Kier molecular flexibility index (Phi) is 2.90. The summed E-state index contributed by atoms with van der Waals surface area (Å²) in [6.07, 6.45) is 9.29. The second-order valence-corrected chi connectivity index (χ2v) is 9.78. The smallest absolute Gasteiger partial charge is 0.233 e. The fraction of sp³-hybridized carbons (Fsp3) is 0.900. The van der Waals surface area contributed by atoms with E-state index in [4.69, 9.17) is 0 Å². The van der Waals surface area contributed by atoms with Gasteiger partial charge in [0.1, 0.15) is 0 Å². The third-order valence-corrected chi connectivity index (χ3v) is 8.00. The van der Waals surface area contributed by atoms with Gasteiger partial charge < -0.3 is 0 Å². The van der Waals surface area contributed by atoms with Crippen LogP contribution >= 0.6 is 0 Å². The second-order valence-electron chi connectivity index (χ2n) is 9.78. The molecule has 3 nitrogen and oxygen atoms in total. The number of carbonyl (C=O) groups excluding carboxylic acids is 2. The van der Waals surface area contributed by atoms with Crippen LogP contribution in [-0.4, -0.2) is 22.3 Å². The standard InChI is InChI=1S/C20H29NO2/c1-11-5-13-6-12(2)9-20(8-11,10-13)21-18(22)16-14-3-4-15(7-14)17(16)19(21)23/h11-17H,3-10H2,1-2H3. The lowest BCUT2D eigenvalue weighted by molar-refractivity contribution is -0.155. The molecule has 2 amide bonds. The van der Waals surface area contributed by atoms with Gasteiger partial charge in [-0.05, 0) is 81.0 Å². The normalized spacial score (nSPS) is 54.7. The predicted molar refractivity (Wildman–Crippen MR) is 87.3 cm³/mol. The first-order chi connectivity index (χ1) is 11.0. The molecule has 4 saturated carbocycles. The number of nitrogens with zero attached hydrogens (tertiary/aromatic N) is 1. The van der Waals surface area contributed by atoms with Crippen molar-refractivity contribution in [3.63, 3.8) is 0 Å². The van der Waals surface area contributed by atoms with E-state index in [-0.39, 0.29) is 29.2 Å². The molecule has 0 N–H and O–H groups in total. The van der Waals surface area contributed by atoms with Crippen LogP contribution in [0.1, 0.15) is 65.2 Å². The van der Waals surface area contributed by atoms with Gasteiger partial charge in [-0.2, -0.15) is 0 Å². The lowest BCUT2D eigenvalue weighted by atomic mass is 9.60. The van der Waals surface area contributed by atoms with Gasteiger partial charge in [0.2, 0.25) is 11.8 Å². The van der Waals surface area contributed by atoms with Gasteiger partial charge in [0.15, 0.2) is 0 Å². The fourth-order valence-electron chi connectivity index (χ4n) is 7.80. The van der Waals surface area contributed by atoms with Gasteiger partial charge in [0, 0.05) is 0 Å². The quantitative estimate of drug-likeness (QED) is 0.693. The predicted octanol–water partition coefficient (Wildman–Crippen LogP) is 3.62. The van der Waals surface area contributed by atoms with Crippen LogP contribution in [0.25, 0.3) is 0 Å². The van der Waals surface area contributed by atoms with Gasteiger partial charge in [0.05, 0.1) is 17.4 Å². The average Bonchev–Trinajstić information content (AvgIpc) is 3.10. The monoisotopic (exact) mass is 315 g/mol. The number of rotatable bonds is 1. The van der Waals surface area contributed by atoms with E-state index in [0.717, 1.165) is 31.6 Å². The van der Waals surface area contributed by atoms with Crippen molar-refractivity contribution < 1.29 is 9.59 Å². The number of hydrogen-bond acceptors (Lipinski definition) is 2. The van der Waals surface area contributed by atoms with Crippen LogP contribution < -0.4 is 0 Å². The molecule has 0 aromatic carbocycles. The zero-order valence-corrected chi connectivity index (χ0v) is 14.5. The highest BCUT2D eigenvalue weighted by Crippen LogP contribution is 2.60. The molecule has 126 valence electrons. The van der Waals surface area contributed by atoms with Crippen LogP contribution in [0, 0.1) is 41.4 Å². The molecule has 5 rings (SSSR count). The first-order valence-corrected chi connectivity index (χ1v) is 9.86. The maximum atomic E-state index is 13.3. The summed E-state index contributed by atoms with van der Waals surface area (Å²) in [5, 5.41) is 0. The molecule has 1 heterocycles. The summed E-state index contributed by atoms with van der Waals surface area (Å²) >= 11 is 0. The molecule has 23 heavy (non-hydrogen) atoms. The topological polar surface area (TPSA) is 37.4 Å². The number of likely N-dealkylation sites (tertiary alicyclic amines) is 1. The molecule has 4 aliphatic carbocycles. The molecular weight excluding hydrogens is 286 g/mol. The summed E-state index contributed by atoms with van der Waals surface area (Å²) < 4.78 is 0. The summed E-state index contributed by atoms with van der Waals surface area (Å²) in [5.41, 5.74) is -0.127. The van der Waals surface area contributed by atoms with Crippen molar-refractivity contribution in [3.8, 4) is 0 Å². The zero-order chi connectivity index (χ0) is 15.9. The maximum absolute atomic E-state index is 13.3. The van der Waals surface area contributed by atoms with Gasteiger partial charge in [-0.3, -0.25) is 14.5 Å². The third kappa shape index (κ3) is 1.83. The van der Waals surface area contributed by atoms with E-state index in [1.165, 1.54) is 25.7 Å². The van der Waals surface area contributed by atoms with Crippen LogP contribution in [0.2, 0.25) is 0 Å². The van der Waals surface area contributed by atoms with Crippen molar-refractivity contribution in [3.05, 3.63) is 0 Å². The highest BCUT2D eigenvalue weighted by molar-refractivity contribution is 6.06. The van der Waals surface area contributed by atoms with Crippen LogP contribution in [0.5, 0.6) is 0 Å². The van der Waals surface area contributed by atoms with E-state index >= 15 is 0 Å². The first kappa shape index (κ1) is 14.5. The molecule has 0 radical (unpaired) electrons.